The lowest BCUT2D eigenvalue weighted by Gasteiger charge is -2.48. The van der Waals surface area contributed by atoms with Gasteiger partial charge in [0.1, 0.15) is 11.4 Å². The molecule has 0 spiro atoms. The number of nitrogens with one attached hydrogen (secondary N) is 1. The lowest BCUT2D eigenvalue weighted by atomic mass is 9.85. The zero-order valence-corrected chi connectivity index (χ0v) is 17.5. The van der Waals surface area contributed by atoms with Gasteiger partial charge in [0.05, 0.1) is 11.1 Å². The van der Waals surface area contributed by atoms with Gasteiger partial charge >= 0.3 is 12.4 Å². The van der Waals surface area contributed by atoms with Gasteiger partial charge in [0.25, 0.3) is 0 Å². The number of halogens is 7. The predicted octanol–water partition coefficient (Wildman–Crippen LogP) is 4.08. The summed E-state index contributed by atoms with van der Waals surface area (Å²) in [5, 5.41) is 2.59. The molecule has 1 aliphatic rings. The molecule has 0 saturated carbocycles. The number of carbonyl (C=O) groups excluding carboxylic acids is 1. The Bertz CT molecular complexity index is 966. The summed E-state index contributed by atoms with van der Waals surface area (Å²) >= 11 is 0. The average molecular weight is 477 g/mol. The fraction of sp³-hybridized carbons (Fsp3) is 0.409. The molecule has 1 aliphatic heterocycles. The number of nitrogens with two attached hydrogens (primary N) is 1. The highest BCUT2D eigenvalue weighted by atomic mass is 19.4. The van der Waals surface area contributed by atoms with E-state index in [9.17, 15) is 35.5 Å². The number of nitrogens with zero attached hydrogens (tertiary/aromatic N) is 1. The number of amides is 1. The highest BCUT2D eigenvalue weighted by molar-refractivity contribution is 5.87. The molecule has 0 bridgehead atoms. The monoisotopic (exact) mass is 477 g/mol. The number of alkyl halides is 6. The molecule has 4 nitrogen and oxygen atoms in total. The molecule has 0 aliphatic carbocycles. The molecule has 3 rings (SSSR count). The largest absolute Gasteiger partial charge is 0.416 e. The first-order valence-corrected chi connectivity index (χ1v) is 10.0. The van der Waals surface area contributed by atoms with E-state index in [0.29, 0.717) is 30.8 Å². The summed E-state index contributed by atoms with van der Waals surface area (Å²) in [5.74, 6) is -1.02. The van der Waals surface area contributed by atoms with E-state index in [2.05, 4.69) is 5.32 Å². The number of benzene rings is 2. The first-order valence-electron chi connectivity index (χ1n) is 10.0. The van der Waals surface area contributed by atoms with Crippen LogP contribution >= 0.6 is 0 Å². The fourth-order valence-electron chi connectivity index (χ4n) is 3.77. The maximum absolute atomic E-state index is 13.4. The summed E-state index contributed by atoms with van der Waals surface area (Å²) in [7, 11) is 0. The van der Waals surface area contributed by atoms with Gasteiger partial charge in [-0.2, -0.15) is 26.3 Å². The minimum atomic E-state index is -4.95. The number of likely N-dealkylation sites (tertiary alicyclic amines) is 1. The molecule has 3 N–H and O–H groups in total. The Hall–Kier alpha value is -2.66. The Balaban J connectivity index is 1.78. The highest BCUT2D eigenvalue weighted by Gasteiger charge is 2.46. The predicted molar refractivity (Wildman–Crippen MR) is 106 cm³/mol. The van der Waals surface area contributed by atoms with Crippen molar-refractivity contribution in [1.29, 1.82) is 0 Å². The topological polar surface area (TPSA) is 58.4 Å². The molecule has 0 radical (unpaired) electrons. The van der Waals surface area contributed by atoms with Crippen LogP contribution in [0, 0.1) is 5.82 Å². The van der Waals surface area contributed by atoms with E-state index in [1.54, 1.807) is 11.8 Å². The van der Waals surface area contributed by atoms with Crippen molar-refractivity contribution in [3.8, 4) is 0 Å². The van der Waals surface area contributed by atoms with E-state index in [4.69, 9.17) is 5.73 Å². The van der Waals surface area contributed by atoms with Gasteiger partial charge < -0.3 is 11.1 Å². The molecule has 33 heavy (non-hydrogen) atoms. The minimum absolute atomic E-state index is 0.0563. The normalized spacial score (nSPS) is 17.4. The molecule has 2 aromatic rings. The lowest BCUT2D eigenvalue weighted by Crippen LogP contribution is -2.66. The molecule has 1 unspecified atom stereocenters. The van der Waals surface area contributed by atoms with Crippen LogP contribution in [-0.2, 0) is 29.1 Å². The van der Waals surface area contributed by atoms with E-state index >= 15 is 0 Å². The van der Waals surface area contributed by atoms with E-state index in [1.807, 2.05) is 0 Å². The third-order valence-corrected chi connectivity index (χ3v) is 5.74. The van der Waals surface area contributed by atoms with Gasteiger partial charge in [0.2, 0.25) is 5.91 Å². The van der Waals surface area contributed by atoms with E-state index in [0.717, 1.165) is 0 Å². The van der Waals surface area contributed by atoms with Gasteiger partial charge in [-0.3, -0.25) is 9.69 Å². The van der Waals surface area contributed by atoms with Gasteiger partial charge in [-0.1, -0.05) is 12.1 Å². The fourth-order valence-corrected chi connectivity index (χ4v) is 3.77. The Morgan fingerprint density at radius 2 is 1.48 bits per heavy atom. The Kier molecular flexibility index (Phi) is 6.77. The zero-order chi connectivity index (χ0) is 24.6. The summed E-state index contributed by atoms with van der Waals surface area (Å²) < 4.78 is 91.6. The van der Waals surface area contributed by atoms with Crippen molar-refractivity contribution in [1.82, 2.24) is 10.2 Å². The quantitative estimate of drug-likeness (QED) is 0.617. The SMILES string of the molecule is CC(C(=O)NCCc1cc(C(F)(F)F)cc(C(F)(F)F)c1)(c1ccc(F)cc1)N1CC(N)C1. The van der Waals surface area contributed by atoms with Crippen LogP contribution in [-0.4, -0.2) is 36.5 Å². The van der Waals surface area contributed by atoms with Crippen molar-refractivity contribution in [2.45, 2.75) is 37.3 Å². The molecular formula is C22H22F7N3O. The summed E-state index contributed by atoms with van der Waals surface area (Å²) in [6.45, 7) is 2.19. The van der Waals surface area contributed by atoms with E-state index in [-0.39, 0.29) is 30.6 Å². The van der Waals surface area contributed by atoms with E-state index in [1.165, 1.54) is 24.3 Å². The summed E-state index contributed by atoms with van der Waals surface area (Å²) in [5.41, 5.74) is 2.02. The Labute approximate surface area is 185 Å². The molecule has 1 atom stereocenters. The second kappa shape index (κ2) is 8.94. The highest BCUT2D eigenvalue weighted by Crippen LogP contribution is 2.36. The van der Waals surface area contributed by atoms with Gasteiger partial charge in [0.15, 0.2) is 0 Å². The van der Waals surface area contributed by atoms with Crippen LogP contribution < -0.4 is 11.1 Å². The molecule has 0 aromatic heterocycles. The van der Waals surface area contributed by atoms with Crippen LogP contribution in [0.1, 0.15) is 29.2 Å². The van der Waals surface area contributed by atoms with Crippen molar-refractivity contribution in [3.63, 3.8) is 0 Å². The Morgan fingerprint density at radius 1 is 0.970 bits per heavy atom. The second-order valence-electron chi connectivity index (χ2n) is 8.16. The van der Waals surface area contributed by atoms with Crippen LogP contribution in [0.5, 0.6) is 0 Å². The summed E-state index contributed by atoms with van der Waals surface area (Å²) in [4.78, 5) is 14.9. The molecule has 1 amide bonds. The molecule has 2 aromatic carbocycles. The molecule has 11 heteroatoms. The smallest absolute Gasteiger partial charge is 0.354 e. The average Bonchev–Trinajstić information content (AvgIpc) is 2.70. The summed E-state index contributed by atoms with van der Waals surface area (Å²) in [6.07, 6.45) is -10.1. The van der Waals surface area contributed by atoms with Crippen molar-refractivity contribution < 1.29 is 35.5 Å². The van der Waals surface area contributed by atoms with Gasteiger partial charge in [-0.05, 0) is 54.8 Å². The van der Waals surface area contributed by atoms with Crippen LogP contribution in [0.3, 0.4) is 0 Å². The molecule has 1 heterocycles. The van der Waals surface area contributed by atoms with Crippen LogP contribution in [0.2, 0.25) is 0 Å². The first kappa shape index (κ1) is 25.0. The molecule has 180 valence electrons. The van der Waals surface area contributed by atoms with E-state index < -0.39 is 40.7 Å². The third kappa shape index (κ3) is 5.47. The van der Waals surface area contributed by atoms with Gasteiger partial charge in [0, 0.05) is 25.7 Å². The van der Waals surface area contributed by atoms with Gasteiger partial charge in [-0.15, -0.1) is 0 Å². The maximum Gasteiger partial charge on any atom is 0.416 e. The standard InChI is InChI=1S/C22H22F7N3O/c1-20(32-11-18(30)12-32,14-2-4-17(23)5-3-14)19(33)31-7-6-13-8-15(21(24,25)26)10-16(9-13)22(27,28)29/h2-5,8-10,18H,6-7,11-12,30H2,1H3,(H,31,33). The van der Waals surface area contributed by atoms with Gasteiger partial charge in [-0.25, -0.2) is 4.39 Å². The third-order valence-electron chi connectivity index (χ3n) is 5.74. The molecular weight excluding hydrogens is 455 g/mol. The van der Waals surface area contributed by atoms with Crippen molar-refractivity contribution >= 4 is 5.91 Å². The minimum Gasteiger partial charge on any atom is -0.354 e. The Morgan fingerprint density at radius 3 is 1.94 bits per heavy atom. The molecule has 1 fully saturated rings. The van der Waals surface area contributed by atoms with Crippen LogP contribution in [0.25, 0.3) is 0 Å². The maximum atomic E-state index is 13.4. The lowest BCUT2D eigenvalue weighted by molar-refractivity contribution is -0.143. The number of hydrogen-bond acceptors (Lipinski definition) is 3. The number of carbonyl (C=O) groups is 1. The summed E-state index contributed by atoms with van der Waals surface area (Å²) in [6, 6.07) is 6.46. The number of hydrogen-bond donors (Lipinski definition) is 2. The van der Waals surface area contributed by atoms with Crippen molar-refractivity contribution in [2.24, 2.45) is 5.73 Å². The number of rotatable bonds is 6. The van der Waals surface area contributed by atoms with Crippen molar-refractivity contribution in [2.75, 3.05) is 19.6 Å². The second-order valence-corrected chi connectivity index (χ2v) is 8.16. The van der Waals surface area contributed by atoms with Crippen LogP contribution in [0.4, 0.5) is 30.7 Å². The van der Waals surface area contributed by atoms with Crippen molar-refractivity contribution in [3.05, 3.63) is 70.5 Å². The zero-order valence-electron chi connectivity index (χ0n) is 17.5. The van der Waals surface area contributed by atoms with Crippen LogP contribution in [0.15, 0.2) is 42.5 Å². The molecule has 1 saturated heterocycles. The first-order chi connectivity index (χ1) is 15.2.